The fourth-order valence-corrected chi connectivity index (χ4v) is 2.56. The number of benzene rings is 2. The SMILES string of the molecule is COc1cc(CN[C@H](C)Cc2cccc(C(F)(F)F)c2)cc(OC)c1. The molecule has 0 spiro atoms. The van der Waals surface area contributed by atoms with E-state index < -0.39 is 11.7 Å². The fraction of sp³-hybridized carbons (Fsp3) is 0.368. The van der Waals surface area contributed by atoms with Gasteiger partial charge in [0.05, 0.1) is 19.8 Å². The van der Waals surface area contributed by atoms with Crippen molar-refractivity contribution in [2.24, 2.45) is 0 Å². The summed E-state index contributed by atoms with van der Waals surface area (Å²) < 4.78 is 48.8. The van der Waals surface area contributed by atoms with Crippen molar-refractivity contribution >= 4 is 0 Å². The molecule has 0 saturated carbocycles. The van der Waals surface area contributed by atoms with E-state index in [2.05, 4.69) is 5.32 Å². The summed E-state index contributed by atoms with van der Waals surface area (Å²) in [5.74, 6) is 1.39. The second-order valence-electron chi connectivity index (χ2n) is 5.91. The molecule has 0 unspecified atom stereocenters. The molecule has 1 N–H and O–H groups in total. The molecule has 0 heterocycles. The average molecular weight is 353 g/mol. The topological polar surface area (TPSA) is 30.5 Å². The van der Waals surface area contributed by atoms with Crippen LogP contribution in [0.4, 0.5) is 13.2 Å². The molecule has 0 amide bonds. The molecule has 136 valence electrons. The van der Waals surface area contributed by atoms with Crippen LogP contribution in [-0.4, -0.2) is 20.3 Å². The highest BCUT2D eigenvalue weighted by molar-refractivity contribution is 5.38. The second-order valence-corrected chi connectivity index (χ2v) is 5.91. The van der Waals surface area contributed by atoms with E-state index in [-0.39, 0.29) is 6.04 Å². The molecule has 0 fully saturated rings. The Kier molecular flexibility index (Phi) is 6.31. The number of alkyl halides is 3. The van der Waals surface area contributed by atoms with Gasteiger partial charge in [0, 0.05) is 18.7 Å². The summed E-state index contributed by atoms with van der Waals surface area (Å²) in [6.07, 6.45) is -3.81. The fourth-order valence-electron chi connectivity index (χ4n) is 2.56. The molecule has 0 aromatic heterocycles. The predicted octanol–water partition coefficient (Wildman–Crippen LogP) is 4.44. The highest BCUT2D eigenvalue weighted by Crippen LogP contribution is 2.29. The Morgan fingerprint density at radius 3 is 2.16 bits per heavy atom. The quantitative estimate of drug-likeness (QED) is 0.798. The van der Waals surface area contributed by atoms with Crippen LogP contribution in [0.15, 0.2) is 42.5 Å². The summed E-state index contributed by atoms with van der Waals surface area (Å²) in [6, 6.07) is 11.0. The van der Waals surface area contributed by atoms with E-state index in [0.29, 0.717) is 30.0 Å². The minimum atomic E-state index is -4.32. The van der Waals surface area contributed by atoms with Crippen LogP contribution in [0.5, 0.6) is 11.5 Å². The van der Waals surface area contributed by atoms with Gasteiger partial charge in [-0.25, -0.2) is 0 Å². The van der Waals surface area contributed by atoms with Gasteiger partial charge in [-0.15, -0.1) is 0 Å². The van der Waals surface area contributed by atoms with Gasteiger partial charge in [0.15, 0.2) is 0 Å². The normalized spacial score (nSPS) is 12.7. The van der Waals surface area contributed by atoms with Crippen LogP contribution >= 0.6 is 0 Å². The maximum Gasteiger partial charge on any atom is 0.416 e. The van der Waals surface area contributed by atoms with E-state index in [0.717, 1.165) is 11.6 Å². The van der Waals surface area contributed by atoms with Crippen molar-refractivity contribution in [3.8, 4) is 11.5 Å². The first-order valence-corrected chi connectivity index (χ1v) is 7.93. The van der Waals surface area contributed by atoms with Crippen LogP contribution < -0.4 is 14.8 Å². The second kappa shape index (κ2) is 8.25. The van der Waals surface area contributed by atoms with Gasteiger partial charge in [-0.05, 0) is 42.7 Å². The smallest absolute Gasteiger partial charge is 0.416 e. The van der Waals surface area contributed by atoms with Gasteiger partial charge in [0.25, 0.3) is 0 Å². The summed E-state index contributed by atoms with van der Waals surface area (Å²) in [5, 5.41) is 3.32. The third kappa shape index (κ3) is 5.67. The number of rotatable bonds is 7. The third-order valence-corrected chi connectivity index (χ3v) is 3.86. The number of nitrogens with one attached hydrogen (secondary N) is 1. The van der Waals surface area contributed by atoms with Gasteiger partial charge in [-0.2, -0.15) is 13.2 Å². The highest BCUT2D eigenvalue weighted by atomic mass is 19.4. The molecular formula is C19H22F3NO2. The maximum absolute atomic E-state index is 12.8. The van der Waals surface area contributed by atoms with Gasteiger partial charge in [0.2, 0.25) is 0 Å². The first-order chi connectivity index (χ1) is 11.8. The number of ether oxygens (including phenoxy) is 2. The zero-order valence-electron chi connectivity index (χ0n) is 14.5. The molecule has 0 radical (unpaired) electrons. The molecule has 2 aromatic carbocycles. The van der Waals surface area contributed by atoms with Crippen LogP contribution in [0.3, 0.4) is 0 Å². The molecule has 25 heavy (non-hydrogen) atoms. The van der Waals surface area contributed by atoms with E-state index in [4.69, 9.17) is 9.47 Å². The third-order valence-electron chi connectivity index (χ3n) is 3.86. The van der Waals surface area contributed by atoms with Crippen molar-refractivity contribution < 1.29 is 22.6 Å². The van der Waals surface area contributed by atoms with E-state index in [9.17, 15) is 13.2 Å². The lowest BCUT2D eigenvalue weighted by Crippen LogP contribution is -2.27. The number of halogens is 3. The summed E-state index contributed by atoms with van der Waals surface area (Å²) >= 11 is 0. The standard InChI is InChI=1S/C19H22F3NO2/c1-13(7-14-5-4-6-16(8-14)19(20,21)22)23-12-15-9-17(24-2)11-18(10-15)25-3/h4-6,8-11,13,23H,7,12H2,1-3H3/t13-/m1/s1. The van der Waals surface area contributed by atoms with Crippen molar-refractivity contribution in [1.29, 1.82) is 0 Å². The molecule has 2 aromatic rings. The lowest BCUT2D eigenvalue weighted by atomic mass is 10.0. The molecule has 0 aliphatic heterocycles. The van der Waals surface area contributed by atoms with Crippen LogP contribution in [0.25, 0.3) is 0 Å². The van der Waals surface area contributed by atoms with Crippen molar-refractivity contribution in [3.63, 3.8) is 0 Å². The molecule has 6 heteroatoms. The van der Waals surface area contributed by atoms with Crippen LogP contribution in [0, 0.1) is 0 Å². The Morgan fingerprint density at radius 2 is 1.60 bits per heavy atom. The summed E-state index contributed by atoms with van der Waals surface area (Å²) in [5.41, 5.74) is 1.01. The summed E-state index contributed by atoms with van der Waals surface area (Å²) in [4.78, 5) is 0. The Balaban J connectivity index is 1.98. The van der Waals surface area contributed by atoms with E-state index in [1.165, 1.54) is 12.1 Å². The Morgan fingerprint density at radius 1 is 0.960 bits per heavy atom. The Labute approximate surface area is 145 Å². The van der Waals surface area contributed by atoms with Crippen LogP contribution in [0.2, 0.25) is 0 Å². The summed E-state index contributed by atoms with van der Waals surface area (Å²) in [7, 11) is 3.17. The van der Waals surface area contributed by atoms with Crippen LogP contribution in [0.1, 0.15) is 23.6 Å². The molecule has 0 saturated heterocycles. The molecule has 2 rings (SSSR count). The molecule has 3 nitrogen and oxygen atoms in total. The van der Waals surface area contributed by atoms with E-state index in [1.54, 1.807) is 26.4 Å². The highest BCUT2D eigenvalue weighted by Gasteiger charge is 2.30. The number of hydrogen-bond acceptors (Lipinski definition) is 3. The Hall–Kier alpha value is -2.21. The zero-order valence-corrected chi connectivity index (χ0v) is 14.5. The van der Waals surface area contributed by atoms with Crippen molar-refractivity contribution in [2.75, 3.05) is 14.2 Å². The molecule has 0 bridgehead atoms. The average Bonchev–Trinajstić information content (AvgIpc) is 2.59. The monoisotopic (exact) mass is 353 g/mol. The van der Waals surface area contributed by atoms with Gasteiger partial charge < -0.3 is 14.8 Å². The van der Waals surface area contributed by atoms with Crippen LogP contribution in [-0.2, 0) is 19.1 Å². The summed E-state index contributed by atoms with van der Waals surface area (Å²) in [6.45, 7) is 2.51. The largest absolute Gasteiger partial charge is 0.497 e. The first kappa shape index (κ1) is 19.1. The predicted molar refractivity (Wildman–Crippen MR) is 91.0 cm³/mol. The van der Waals surface area contributed by atoms with Crippen molar-refractivity contribution in [3.05, 3.63) is 59.2 Å². The molecule has 0 aliphatic rings. The molecule has 0 aliphatic carbocycles. The van der Waals surface area contributed by atoms with Gasteiger partial charge >= 0.3 is 6.18 Å². The van der Waals surface area contributed by atoms with Gasteiger partial charge in [0.1, 0.15) is 11.5 Å². The van der Waals surface area contributed by atoms with Crippen molar-refractivity contribution in [1.82, 2.24) is 5.32 Å². The minimum Gasteiger partial charge on any atom is -0.497 e. The minimum absolute atomic E-state index is 0.0145. The lowest BCUT2D eigenvalue weighted by Gasteiger charge is -2.16. The lowest BCUT2D eigenvalue weighted by molar-refractivity contribution is -0.137. The van der Waals surface area contributed by atoms with Crippen molar-refractivity contribution in [2.45, 2.75) is 32.1 Å². The number of methoxy groups -OCH3 is 2. The Bertz CT molecular complexity index is 679. The molecule has 1 atom stereocenters. The number of hydrogen-bond donors (Lipinski definition) is 1. The van der Waals surface area contributed by atoms with E-state index in [1.807, 2.05) is 19.1 Å². The maximum atomic E-state index is 12.8. The van der Waals surface area contributed by atoms with E-state index >= 15 is 0 Å². The van der Waals surface area contributed by atoms with Gasteiger partial charge in [-0.3, -0.25) is 0 Å². The molecular weight excluding hydrogens is 331 g/mol. The first-order valence-electron chi connectivity index (χ1n) is 7.93. The zero-order chi connectivity index (χ0) is 18.4. The van der Waals surface area contributed by atoms with Gasteiger partial charge in [-0.1, -0.05) is 18.2 Å².